The summed E-state index contributed by atoms with van der Waals surface area (Å²) in [7, 11) is 1.58. The summed E-state index contributed by atoms with van der Waals surface area (Å²) in [6, 6.07) is 15.5. The molecule has 2 aromatic carbocycles. The zero-order valence-electron chi connectivity index (χ0n) is 13.0. The minimum atomic E-state index is -0.118. The number of aryl methyl sites for hydroxylation is 1. The Morgan fingerprint density at radius 3 is 2.61 bits per heavy atom. The summed E-state index contributed by atoms with van der Waals surface area (Å²) in [5.74, 6) is 1.40. The highest BCUT2D eigenvalue weighted by atomic mass is 16.5. The van der Waals surface area contributed by atoms with Crippen LogP contribution in [0.4, 0.5) is 0 Å². The first-order valence-electron chi connectivity index (χ1n) is 7.65. The van der Waals surface area contributed by atoms with Gasteiger partial charge in [0.1, 0.15) is 11.5 Å². The fraction of sp³-hybridized carbons (Fsp3) is 0.211. The van der Waals surface area contributed by atoms with Gasteiger partial charge in [-0.3, -0.25) is 4.79 Å². The third kappa shape index (κ3) is 3.54. The van der Waals surface area contributed by atoms with Crippen LogP contribution in [0.15, 0.2) is 59.2 Å². The summed E-state index contributed by atoms with van der Waals surface area (Å²) >= 11 is 0. The second kappa shape index (κ2) is 7.01. The lowest BCUT2D eigenvalue weighted by molar-refractivity contribution is 0.0950. The number of carbonyl (C=O) groups excluding carboxylic acids is 1. The van der Waals surface area contributed by atoms with Crippen LogP contribution >= 0.6 is 0 Å². The van der Waals surface area contributed by atoms with E-state index < -0.39 is 0 Å². The van der Waals surface area contributed by atoms with Crippen molar-refractivity contribution >= 4 is 16.7 Å². The van der Waals surface area contributed by atoms with Crippen LogP contribution in [-0.2, 0) is 6.42 Å². The molecule has 0 unspecified atom stereocenters. The van der Waals surface area contributed by atoms with Gasteiger partial charge in [-0.1, -0.05) is 24.3 Å². The molecule has 0 bridgehead atoms. The standard InChI is InChI=1S/C19H19NO3/c1-22-18-13-15-7-3-2-6-14(15)12-17(18)19(21)20-10-4-8-16-9-5-11-23-16/h2-3,5-7,9,11-13H,4,8,10H2,1H3,(H,20,21). The van der Waals surface area contributed by atoms with Crippen molar-refractivity contribution in [2.75, 3.05) is 13.7 Å². The molecule has 0 saturated heterocycles. The molecule has 23 heavy (non-hydrogen) atoms. The van der Waals surface area contributed by atoms with E-state index in [0.29, 0.717) is 17.9 Å². The number of hydrogen-bond donors (Lipinski definition) is 1. The van der Waals surface area contributed by atoms with E-state index in [-0.39, 0.29) is 5.91 Å². The molecule has 0 saturated carbocycles. The van der Waals surface area contributed by atoms with Gasteiger partial charge < -0.3 is 14.5 Å². The molecule has 4 heteroatoms. The molecule has 1 aromatic heterocycles. The predicted molar refractivity (Wildman–Crippen MR) is 89.9 cm³/mol. The SMILES string of the molecule is COc1cc2ccccc2cc1C(=O)NCCCc1ccco1. The van der Waals surface area contributed by atoms with Crippen molar-refractivity contribution in [2.45, 2.75) is 12.8 Å². The second-order valence-electron chi connectivity index (χ2n) is 5.34. The highest BCUT2D eigenvalue weighted by Gasteiger charge is 2.13. The van der Waals surface area contributed by atoms with Crippen LogP contribution in [0.5, 0.6) is 5.75 Å². The van der Waals surface area contributed by atoms with E-state index in [1.54, 1.807) is 13.4 Å². The number of fused-ring (bicyclic) bond motifs is 1. The topological polar surface area (TPSA) is 51.5 Å². The van der Waals surface area contributed by atoms with Crippen LogP contribution < -0.4 is 10.1 Å². The Morgan fingerprint density at radius 2 is 1.91 bits per heavy atom. The van der Waals surface area contributed by atoms with Gasteiger partial charge in [-0.2, -0.15) is 0 Å². The lowest BCUT2D eigenvalue weighted by Gasteiger charge is -2.11. The van der Waals surface area contributed by atoms with Crippen LogP contribution in [0.25, 0.3) is 10.8 Å². The Bertz CT molecular complexity index is 793. The van der Waals surface area contributed by atoms with E-state index in [9.17, 15) is 4.79 Å². The van der Waals surface area contributed by atoms with E-state index in [1.807, 2.05) is 48.5 Å². The molecule has 4 nitrogen and oxygen atoms in total. The summed E-state index contributed by atoms with van der Waals surface area (Å²) in [6.07, 6.45) is 3.30. The number of benzene rings is 2. The smallest absolute Gasteiger partial charge is 0.255 e. The van der Waals surface area contributed by atoms with Crippen molar-refractivity contribution in [1.82, 2.24) is 5.32 Å². The number of carbonyl (C=O) groups is 1. The Morgan fingerprint density at radius 1 is 1.13 bits per heavy atom. The summed E-state index contributed by atoms with van der Waals surface area (Å²) in [6.45, 7) is 0.593. The van der Waals surface area contributed by atoms with Crippen molar-refractivity contribution in [3.05, 3.63) is 66.1 Å². The van der Waals surface area contributed by atoms with Gasteiger partial charge >= 0.3 is 0 Å². The average molecular weight is 309 g/mol. The molecule has 0 aliphatic heterocycles. The maximum atomic E-state index is 12.4. The largest absolute Gasteiger partial charge is 0.496 e. The van der Waals surface area contributed by atoms with Crippen molar-refractivity contribution in [3.63, 3.8) is 0 Å². The van der Waals surface area contributed by atoms with Crippen LogP contribution in [0, 0.1) is 0 Å². The van der Waals surface area contributed by atoms with Crippen molar-refractivity contribution in [3.8, 4) is 5.75 Å². The van der Waals surface area contributed by atoms with Gasteiger partial charge in [0.05, 0.1) is 18.9 Å². The maximum absolute atomic E-state index is 12.4. The van der Waals surface area contributed by atoms with Crippen LogP contribution in [0.3, 0.4) is 0 Å². The minimum absolute atomic E-state index is 0.118. The average Bonchev–Trinajstić information content (AvgIpc) is 3.10. The fourth-order valence-electron chi connectivity index (χ4n) is 2.58. The molecule has 0 aliphatic rings. The second-order valence-corrected chi connectivity index (χ2v) is 5.34. The third-order valence-corrected chi connectivity index (χ3v) is 3.78. The van der Waals surface area contributed by atoms with E-state index in [4.69, 9.17) is 9.15 Å². The quantitative estimate of drug-likeness (QED) is 0.705. The van der Waals surface area contributed by atoms with Gasteiger partial charge in [0, 0.05) is 13.0 Å². The lowest BCUT2D eigenvalue weighted by Crippen LogP contribution is -2.25. The van der Waals surface area contributed by atoms with Crippen LogP contribution in [0.1, 0.15) is 22.5 Å². The monoisotopic (exact) mass is 309 g/mol. The number of furan rings is 1. The number of ether oxygens (including phenoxy) is 1. The van der Waals surface area contributed by atoms with Gasteiger partial charge in [-0.15, -0.1) is 0 Å². The van der Waals surface area contributed by atoms with E-state index in [2.05, 4.69) is 5.32 Å². The Labute approximate surface area is 135 Å². The summed E-state index contributed by atoms with van der Waals surface area (Å²) in [5, 5.41) is 5.02. The molecule has 1 N–H and O–H groups in total. The van der Waals surface area contributed by atoms with Crippen molar-refractivity contribution < 1.29 is 13.9 Å². The molecule has 0 fully saturated rings. The highest BCUT2D eigenvalue weighted by Crippen LogP contribution is 2.25. The van der Waals surface area contributed by atoms with Crippen molar-refractivity contribution in [2.24, 2.45) is 0 Å². The maximum Gasteiger partial charge on any atom is 0.255 e. The fourth-order valence-corrected chi connectivity index (χ4v) is 2.58. The van der Waals surface area contributed by atoms with Crippen molar-refractivity contribution in [1.29, 1.82) is 0 Å². The van der Waals surface area contributed by atoms with E-state index in [0.717, 1.165) is 29.4 Å². The molecule has 0 radical (unpaired) electrons. The molecular weight excluding hydrogens is 290 g/mol. The minimum Gasteiger partial charge on any atom is -0.496 e. The van der Waals surface area contributed by atoms with Gasteiger partial charge in [0.25, 0.3) is 5.91 Å². The number of nitrogens with one attached hydrogen (secondary N) is 1. The highest BCUT2D eigenvalue weighted by molar-refractivity contribution is 6.01. The molecule has 3 aromatic rings. The lowest BCUT2D eigenvalue weighted by atomic mass is 10.1. The number of rotatable bonds is 6. The third-order valence-electron chi connectivity index (χ3n) is 3.78. The van der Waals surface area contributed by atoms with E-state index >= 15 is 0 Å². The first kappa shape index (κ1) is 15.2. The Balaban J connectivity index is 1.67. The predicted octanol–water partition coefficient (Wildman–Crippen LogP) is 3.80. The van der Waals surface area contributed by atoms with Gasteiger partial charge in [-0.25, -0.2) is 0 Å². The van der Waals surface area contributed by atoms with Crippen LogP contribution in [0.2, 0.25) is 0 Å². The normalized spacial score (nSPS) is 10.7. The Hall–Kier alpha value is -2.75. The molecular formula is C19H19NO3. The van der Waals surface area contributed by atoms with Gasteiger partial charge in [0.15, 0.2) is 0 Å². The molecule has 1 amide bonds. The first-order valence-corrected chi connectivity index (χ1v) is 7.65. The summed E-state index contributed by atoms with van der Waals surface area (Å²) < 4.78 is 10.6. The molecule has 0 atom stereocenters. The zero-order valence-corrected chi connectivity index (χ0v) is 13.0. The molecule has 0 spiro atoms. The Kier molecular flexibility index (Phi) is 4.62. The number of methoxy groups -OCH3 is 1. The summed E-state index contributed by atoms with van der Waals surface area (Å²) in [5.41, 5.74) is 0.559. The number of hydrogen-bond acceptors (Lipinski definition) is 3. The molecule has 0 aliphatic carbocycles. The first-order chi connectivity index (χ1) is 11.3. The van der Waals surface area contributed by atoms with Gasteiger partial charge in [-0.05, 0) is 41.5 Å². The molecule has 118 valence electrons. The van der Waals surface area contributed by atoms with E-state index in [1.165, 1.54) is 0 Å². The molecule has 1 heterocycles. The van der Waals surface area contributed by atoms with Gasteiger partial charge in [0.2, 0.25) is 0 Å². The van der Waals surface area contributed by atoms with Crippen LogP contribution in [-0.4, -0.2) is 19.6 Å². The zero-order chi connectivity index (χ0) is 16.1. The number of amides is 1. The molecule has 3 rings (SSSR count). The summed E-state index contributed by atoms with van der Waals surface area (Å²) in [4.78, 5) is 12.4.